The molecule has 0 atom stereocenters. The van der Waals surface area contributed by atoms with Crippen molar-refractivity contribution in [2.75, 3.05) is 11.4 Å². The monoisotopic (exact) mass is 454 g/mol. The molecule has 2 aromatic heterocycles. The SMILES string of the molecule is Cc1ccc2nc(N(CCCn3ccnc3)C(=O)c3cccc(Br)c3)sc2c1. The maximum absolute atomic E-state index is 13.3. The number of rotatable bonds is 6. The van der Waals surface area contributed by atoms with Gasteiger partial charge in [-0.2, -0.15) is 0 Å². The summed E-state index contributed by atoms with van der Waals surface area (Å²) in [6, 6.07) is 13.7. The Kier molecular flexibility index (Phi) is 5.54. The Labute approximate surface area is 175 Å². The molecule has 0 N–H and O–H groups in total. The predicted octanol–water partition coefficient (Wildman–Crippen LogP) is 5.30. The number of anilines is 1. The third kappa shape index (κ3) is 4.15. The average molecular weight is 455 g/mol. The molecule has 0 aliphatic carbocycles. The van der Waals surface area contributed by atoms with E-state index >= 15 is 0 Å². The van der Waals surface area contributed by atoms with E-state index in [-0.39, 0.29) is 5.91 Å². The zero-order chi connectivity index (χ0) is 19.5. The number of fused-ring (bicyclic) bond motifs is 1. The number of hydrogen-bond acceptors (Lipinski definition) is 4. The molecule has 5 nitrogen and oxygen atoms in total. The van der Waals surface area contributed by atoms with Crippen LogP contribution in [-0.2, 0) is 6.54 Å². The predicted molar refractivity (Wildman–Crippen MR) is 117 cm³/mol. The normalized spacial score (nSPS) is 11.1. The third-order valence-corrected chi connectivity index (χ3v) is 5.97. The Morgan fingerprint density at radius 2 is 2.14 bits per heavy atom. The van der Waals surface area contributed by atoms with Gasteiger partial charge in [0.15, 0.2) is 5.13 Å². The van der Waals surface area contributed by atoms with Gasteiger partial charge >= 0.3 is 0 Å². The standard InChI is InChI=1S/C21H19BrN4OS/c1-15-6-7-18-19(12-15)28-21(24-18)26(10-3-9-25-11-8-23-14-25)20(27)16-4-2-5-17(22)13-16/h2,4-8,11-14H,3,9-10H2,1H3. The van der Waals surface area contributed by atoms with E-state index in [2.05, 4.69) is 33.9 Å². The van der Waals surface area contributed by atoms with E-state index in [1.807, 2.05) is 47.2 Å². The van der Waals surface area contributed by atoms with Crippen LogP contribution in [0.4, 0.5) is 5.13 Å². The van der Waals surface area contributed by atoms with Crippen molar-refractivity contribution in [2.45, 2.75) is 19.9 Å². The van der Waals surface area contributed by atoms with Gasteiger partial charge < -0.3 is 4.57 Å². The number of thiazole rings is 1. The van der Waals surface area contributed by atoms with Crippen LogP contribution in [-0.4, -0.2) is 27.0 Å². The summed E-state index contributed by atoms with van der Waals surface area (Å²) in [4.78, 5) is 23.9. The number of carbonyl (C=O) groups excluding carboxylic acids is 1. The number of benzene rings is 2. The first-order chi connectivity index (χ1) is 13.6. The Morgan fingerprint density at radius 3 is 2.93 bits per heavy atom. The highest BCUT2D eigenvalue weighted by Crippen LogP contribution is 2.31. The van der Waals surface area contributed by atoms with Crippen LogP contribution < -0.4 is 4.90 Å². The molecule has 1 amide bonds. The fourth-order valence-electron chi connectivity index (χ4n) is 3.03. The van der Waals surface area contributed by atoms with Crippen molar-refractivity contribution in [3.05, 3.63) is 76.8 Å². The molecule has 0 radical (unpaired) electrons. The minimum absolute atomic E-state index is 0.0392. The van der Waals surface area contributed by atoms with E-state index in [0.717, 1.165) is 32.8 Å². The van der Waals surface area contributed by atoms with Crippen LogP contribution in [0.15, 0.2) is 65.7 Å². The second-order valence-electron chi connectivity index (χ2n) is 6.59. The number of halogens is 1. The lowest BCUT2D eigenvalue weighted by Gasteiger charge is -2.20. The summed E-state index contributed by atoms with van der Waals surface area (Å²) in [5, 5.41) is 0.733. The average Bonchev–Trinajstić information content (AvgIpc) is 3.34. The Hall–Kier alpha value is -2.51. The van der Waals surface area contributed by atoms with Gasteiger partial charge in [-0.25, -0.2) is 9.97 Å². The third-order valence-electron chi connectivity index (χ3n) is 4.44. The van der Waals surface area contributed by atoms with Crippen LogP contribution in [0.3, 0.4) is 0 Å². The summed E-state index contributed by atoms with van der Waals surface area (Å²) >= 11 is 5.01. The van der Waals surface area contributed by atoms with Crippen molar-refractivity contribution >= 4 is 48.5 Å². The van der Waals surface area contributed by atoms with Gasteiger partial charge in [-0.3, -0.25) is 9.69 Å². The zero-order valence-electron chi connectivity index (χ0n) is 15.4. The molecule has 0 saturated carbocycles. The number of amides is 1. The molecule has 0 fully saturated rings. The summed E-state index contributed by atoms with van der Waals surface area (Å²) in [5.74, 6) is -0.0392. The van der Waals surface area contributed by atoms with E-state index in [9.17, 15) is 4.79 Å². The van der Waals surface area contributed by atoms with E-state index in [1.165, 1.54) is 5.56 Å². The van der Waals surface area contributed by atoms with Crippen molar-refractivity contribution in [1.29, 1.82) is 0 Å². The second kappa shape index (κ2) is 8.24. The number of aryl methyl sites for hydroxylation is 2. The molecule has 0 unspecified atom stereocenters. The van der Waals surface area contributed by atoms with E-state index < -0.39 is 0 Å². The summed E-state index contributed by atoms with van der Waals surface area (Å²) < 4.78 is 4.00. The van der Waals surface area contributed by atoms with Gasteiger partial charge in [0.25, 0.3) is 5.91 Å². The van der Waals surface area contributed by atoms with Gasteiger partial charge in [-0.15, -0.1) is 0 Å². The smallest absolute Gasteiger partial charge is 0.260 e. The van der Waals surface area contributed by atoms with Gasteiger partial charge in [-0.05, 0) is 49.2 Å². The lowest BCUT2D eigenvalue weighted by atomic mass is 10.2. The molecule has 142 valence electrons. The number of aromatic nitrogens is 3. The minimum atomic E-state index is -0.0392. The van der Waals surface area contributed by atoms with E-state index in [0.29, 0.717) is 12.1 Å². The van der Waals surface area contributed by atoms with Crippen LogP contribution >= 0.6 is 27.3 Å². The number of carbonyl (C=O) groups is 1. The topological polar surface area (TPSA) is 51.0 Å². The molecule has 0 bridgehead atoms. The summed E-state index contributed by atoms with van der Waals surface area (Å²) in [6.07, 6.45) is 6.30. The fraction of sp³-hybridized carbons (Fsp3) is 0.190. The minimum Gasteiger partial charge on any atom is -0.337 e. The first kappa shape index (κ1) is 18.8. The van der Waals surface area contributed by atoms with Gasteiger partial charge in [0.2, 0.25) is 0 Å². The van der Waals surface area contributed by atoms with Crippen LogP contribution in [0, 0.1) is 6.92 Å². The summed E-state index contributed by atoms with van der Waals surface area (Å²) in [6.45, 7) is 3.45. The Balaban J connectivity index is 1.63. The lowest BCUT2D eigenvalue weighted by Crippen LogP contribution is -2.32. The fourth-order valence-corrected chi connectivity index (χ4v) is 4.51. The summed E-state index contributed by atoms with van der Waals surface area (Å²) in [7, 11) is 0. The van der Waals surface area contributed by atoms with Crippen LogP contribution in [0.5, 0.6) is 0 Å². The number of nitrogens with zero attached hydrogens (tertiary/aromatic N) is 4. The van der Waals surface area contributed by atoms with Crippen molar-refractivity contribution < 1.29 is 4.79 Å². The second-order valence-corrected chi connectivity index (χ2v) is 8.51. The molecule has 2 heterocycles. The van der Waals surface area contributed by atoms with Crippen molar-refractivity contribution in [2.24, 2.45) is 0 Å². The van der Waals surface area contributed by atoms with Gasteiger partial charge in [0, 0.05) is 35.5 Å². The van der Waals surface area contributed by atoms with Crippen molar-refractivity contribution in [3.8, 4) is 0 Å². The molecule has 0 aliphatic heterocycles. The maximum Gasteiger partial charge on any atom is 0.260 e. The lowest BCUT2D eigenvalue weighted by molar-refractivity contribution is 0.0986. The molecular weight excluding hydrogens is 436 g/mol. The van der Waals surface area contributed by atoms with Gasteiger partial charge in [-0.1, -0.05) is 39.4 Å². The number of hydrogen-bond donors (Lipinski definition) is 0. The molecule has 7 heteroatoms. The Morgan fingerprint density at radius 1 is 1.25 bits per heavy atom. The van der Waals surface area contributed by atoms with Gasteiger partial charge in [0.05, 0.1) is 16.5 Å². The van der Waals surface area contributed by atoms with E-state index in [4.69, 9.17) is 4.98 Å². The van der Waals surface area contributed by atoms with Gasteiger partial charge in [0.1, 0.15) is 0 Å². The molecule has 28 heavy (non-hydrogen) atoms. The van der Waals surface area contributed by atoms with Crippen LogP contribution in [0.2, 0.25) is 0 Å². The first-order valence-corrected chi connectivity index (χ1v) is 10.6. The molecule has 0 spiro atoms. The largest absolute Gasteiger partial charge is 0.337 e. The van der Waals surface area contributed by atoms with Crippen molar-refractivity contribution in [1.82, 2.24) is 14.5 Å². The summed E-state index contributed by atoms with van der Waals surface area (Å²) in [5.41, 5.74) is 2.76. The maximum atomic E-state index is 13.3. The molecular formula is C21H19BrN4OS. The molecule has 4 rings (SSSR count). The molecule has 4 aromatic rings. The van der Waals surface area contributed by atoms with Crippen LogP contribution in [0.25, 0.3) is 10.2 Å². The quantitative estimate of drug-likeness (QED) is 0.397. The van der Waals surface area contributed by atoms with Crippen LogP contribution in [0.1, 0.15) is 22.3 Å². The highest BCUT2D eigenvalue weighted by Gasteiger charge is 2.21. The molecule has 2 aromatic carbocycles. The molecule has 0 aliphatic rings. The highest BCUT2D eigenvalue weighted by molar-refractivity contribution is 9.10. The highest BCUT2D eigenvalue weighted by atomic mass is 79.9. The van der Waals surface area contributed by atoms with E-state index in [1.54, 1.807) is 28.8 Å². The first-order valence-electron chi connectivity index (χ1n) is 9.00. The zero-order valence-corrected chi connectivity index (χ0v) is 17.8. The number of imidazole rings is 1. The molecule has 0 saturated heterocycles. The Bertz CT molecular complexity index is 1110. The van der Waals surface area contributed by atoms with Crippen molar-refractivity contribution in [3.63, 3.8) is 0 Å².